The van der Waals surface area contributed by atoms with Gasteiger partial charge in [0.05, 0.1) is 41.2 Å². The van der Waals surface area contributed by atoms with E-state index in [9.17, 15) is 13.2 Å². The maximum absolute atomic E-state index is 15.4. The Hall–Kier alpha value is -1.63. The van der Waals surface area contributed by atoms with Gasteiger partial charge in [-0.25, -0.2) is 17.6 Å². The Kier molecular flexibility index (Phi) is 6.37. The Bertz CT molecular complexity index is 1190. The molecular formula is C23H24BrClF4N4O3. The third-order valence-electron chi connectivity index (χ3n) is 7.73. The molecule has 0 radical (unpaired) electrons. The van der Waals surface area contributed by atoms with Crippen LogP contribution in [0, 0.1) is 11.7 Å². The van der Waals surface area contributed by atoms with Crippen LogP contribution in [-0.4, -0.2) is 85.1 Å². The second kappa shape index (κ2) is 9.28. The molecule has 2 aromatic rings. The van der Waals surface area contributed by atoms with Gasteiger partial charge in [-0.2, -0.15) is 9.97 Å². The lowest BCUT2D eigenvalue weighted by molar-refractivity contribution is -0.0516. The molecule has 1 unspecified atom stereocenters. The maximum Gasteiger partial charge on any atom is 0.319 e. The van der Waals surface area contributed by atoms with Crippen molar-refractivity contribution in [2.75, 3.05) is 51.0 Å². The molecule has 4 aliphatic rings. The quantitative estimate of drug-likeness (QED) is 0.357. The number of rotatable bonds is 6. The highest BCUT2D eigenvalue weighted by atomic mass is 79.9. The topological polar surface area (TPSA) is 60.0 Å². The summed E-state index contributed by atoms with van der Waals surface area (Å²) in [6, 6.07) is -0.667. The minimum absolute atomic E-state index is 0.0264. The summed E-state index contributed by atoms with van der Waals surface area (Å²) >= 11 is 9.57. The molecule has 0 N–H and O–H groups in total. The Labute approximate surface area is 218 Å². The molecular weight excluding hydrogens is 572 g/mol. The number of halogens is 6. The molecule has 0 amide bonds. The van der Waals surface area contributed by atoms with Crippen LogP contribution in [0.15, 0.2) is 4.47 Å². The second-order valence-electron chi connectivity index (χ2n) is 9.91. The normalized spacial score (nSPS) is 28.4. The van der Waals surface area contributed by atoms with Gasteiger partial charge in [0.2, 0.25) is 0 Å². The van der Waals surface area contributed by atoms with Crippen molar-refractivity contribution in [2.24, 2.45) is 5.92 Å². The van der Waals surface area contributed by atoms with Gasteiger partial charge in [-0.05, 0) is 35.3 Å². The SMILES string of the molecule is Fc1c(Br)c(Cl)c2c3c(nc(OC[C@@]45CCCN4C[C@H](F)C5)nc13)N(CC(F)F)C(C1COC1)CO2. The highest BCUT2D eigenvalue weighted by Gasteiger charge is 2.49. The first-order valence-electron chi connectivity index (χ1n) is 11.9. The van der Waals surface area contributed by atoms with Crippen molar-refractivity contribution in [3.8, 4) is 11.8 Å². The third-order valence-corrected chi connectivity index (χ3v) is 9.07. The summed E-state index contributed by atoms with van der Waals surface area (Å²) < 4.78 is 74.5. The molecule has 0 bridgehead atoms. The van der Waals surface area contributed by atoms with Crippen LogP contribution >= 0.6 is 27.5 Å². The van der Waals surface area contributed by atoms with E-state index in [-0.39, 0.29) is 57.1 Å². The summed E-state index contributed by atoms with van der Waals surface area (Å²) in [7, 11) is 0. The Balaban J connectivity index is 1.45. The Morgan fingerprint density at radius 2 is 2.06 bits per heavy atom. The fourth-order valence-electron chi connectivity index (χ4n) is 5.92. The third kappa shape index (κ3) is 3.99. The number of aromatic nitrogens is 2. The van der Waals surface area contributed by atoms with Gasteiger partial charge in [0.25, 0.3) is 6.43 Å². The monoisotopic (exact) mass is 594 g/mol. The van der Waals surface area contributed by atoms with Gasteiger partial charge in [-0.1, -0.05) is 11.6 Å². The van der Waals surface area contributed by atoms with Crippen LogP contribution in [-0.2, 0) is 4.74 Å². The zero-order valence-corrected chi connectivity index (χ0v) is 21.5. The van der Waals surface area contributed by atoms with Crippen molar-refractivity contribution in [1.29, 1.82) is 0 Å². The Morgan fingerprint density at radius 1 is 1.25 bits per heavy atom. The molecule has 4 aliphatic heterocycles. The molecule has 0 spiro atoms. The van der Waals surface area contributed by atoms with E-state index in [1.54, 1.807) is 0 Å². The number of hydrogen-bond donors (Lipinski definition) is 0. The summed E-state index contributed by atoms with van der Waals surface area (Å²) in [5.41, 5.74) is -0.630. The molecule has 1 aromatic carbocycles. The molecule has 36 heavy (non-hydrogen) atoms. The number of alkyl halides is 3. The van der Waals surface area contributed by atoms with E-state index >= 15 is 4.39 Å². The smallest absolute Gasteiger partial charge is 0.319 e. The van der Waals surface area contributed by atoms with E-state index in [4.69, 9.17) is 25.8 Å². The number of nitrogens with zero attached hydrogens (tertiary/aromatic N) is 4. The first-order chi connectivity index (χ1) is 17.3. The van der Waals surface area contributed by atoms with Crippen LogP contribution in [0.5, 0.6) is 11.8 Å². The predicted molar refractivity (Wildman–Crippen MR) is 128 cm³/mol. The fraction of sp³-hybridized carbons (Fsp3) is 0.652. The highest BCUT2D eigenvalue weighted by Crippen LogP contribution is 2.48. The summed E-state index contributed by atoms with van der Waals surface area (Å²) in [5.74, 6) is -0.655. The van der Waals surface area contributed by atoms with E-state index in [2.05, 4.69) is 30.8 Å². The fourth-order valence-corrected chi connectivity index (χ4v) is 6.51. The largest absolute Gasteiger partial charge is 0.489 e. The van der Waals surface area contributed by atoms with Gasteiger partial charge in [-0.3, -0.25) is 4.90 Å². The van der Waals surface area contributed by atoms with Crippen molar-refractivity contribution in [3.63, 3.8) is 0 Å². The molecule has 6 rings (SSSR count). The van der Waals surface area contributed by atoms with Crippen LogP contribution < -0.4 is 14.4 Å². The molecule has 3 atom stereocenters. The number of anilines is 1. The standard InChI is InChI=1S/C23H24BrClF4N4O3/c24-16-17(25)20-15-19(18(16)29)30-22(36-10-23-2-1-3-32(23)5-12(26)4-23)31-21(15)33(6-14(27)28)13(9-35-20)11-7-34-8-11/h11-14H,1-10H2/t12-,13?,23+/m1/s1. The molecule has 0 saturated carbocycles. The minimum atomic E-state index is -2.69. The molecule has 1 aromatic heterocycles. The zero-order chi connectivity index (χ0) is 25.2. The van der Waals surface area contributed by atoms with E-state index in [0.717, 1.165) is 19.4 Å². The zero-order valence-electron chi connectivity index (χ0n) is 19.2. The van der Waals surface area contributed by atoms with Gasteiger partial charge in [0.1, 0.15) is 35.7 Å². The van der Waals surface area contributed by atoms with Crippen LogP contribution in [0.2, 0.25) is 5.02 Å². The number of hydrogen-bond acceptors (Lipinski definition) is 7. The van der Waals surface area contributed by atoms with Crippen molar-refractivity contribution in [2.45, 2.75) is 43.4 Å². The molecule has 3 saturated heterocycles. The number of fused-ring (bicyclic) bond motifs is 1. The Morgan fingerprint density at radius 3 is 2.78 bits per heavy atom. The van der Waals surface area contributed by atoms with E-state index in [0.29, 0.717) is 26.2 Å². The van der Waals surface area contributed by atoms with E-state index in [1.807, 2.05) is 0 Å². The first kappa shape index (κ1) is 24.7. The average Bonchev–Trinajstić information content (AvgIpc) is 3.28. The molecule has 196 valence electrons. The average molecular weight is 596 g/mol. The molecule has 3 fully saturated rings. The first-order valence-corrected chi connectivity index (χ1v) is 13.1. The lowest BCUT2D eigenvalue weighted by Gasteiger charge is -2.40. The molecule has 0 aliphatic carbocycles. The highest BCUT2D eigenvalue weighted by molar-refractivity contribution is 9.10. The summed E-state index contributed by atoms with van der Waals surface area (Å²) in [6.45, 7) is 1.41. The van der Waals surface area contributed by atoms with Crippen LogP contribution in [0.1, 0.15) is 19.3 Å². The van der Waals surface area contributed by atoms with Crippen molar-refractivity contribution < 1.29 is 31.8 Å². The lowest BCUT2D eigenvalue weighted by Crippen LogP contribution is -2.52. The predicted octanol–water partition coefficient (Wildman–Crippen LogP) is 4.62. The van der Waals surface area contributed by atoms with Gasteiger partial charge in [0, 0.05) is 18.9 Å². The maximum atomic E-state index is 15.4. The van der Waals surface area contributed by atoms with Gasteiger partial charge in [0.15, 0.2) is 11.6 Å². The van der Waals surface area contributed by atoms with Crippen molar-refractivity contribution in [1.82, 2.24) is 14.9 Å². The number of ether oxygens (including phenoxy) is 3. The molecule has 5 heterocycles. The summed E-state index contributed by atoms with van der Waals surface area (Å²) in [5, 5.41) is 0.0863. The molecule has 7 nitrogen and oxygen atoms in total. The van der Waals surface area contributed by atoms with Crippen LogP contribution in [0.4, 0.5) is 23.4 Å². The van der Waals surface area contributed by atoms with Crippen molar-refractivity contribution in [3.05, 3.63) is 15.3 Å². The van der Waals surface area contributed by atoms with Crippen molar-refractivity contribution >= 4 is 44.3 Å². The van der Waals surface area contributed by atoms with Gasteiger partial charge >= 0.3 is 6.01 Å². The lowest BCUT2D eigenvalue weighted by atomic mass is 9.95. The summed E-state index contributed by atoms with van der Waals surface area (Å²) in [4.78, 5) is 12.3. The summed E-state index contributed by atoms with van der Waals surface area (Å²) in [6.07, 6.45) is -1.61. The van der Waals surface area contributed by atoms with E-state index < -0.39 is 36.5 Å². The van der Waals surface area contributed by atoms with Gasteiger partial charge in [-0.15, -0.1) is 0 Å². The van der Waals surface area contributed by atoms with Crippen LogP contribution in [0.25, 0.3) is 10.9 Å². The van der Waals surface area contributed by atoms with Gasteiger partial charge < -0.3 is 19.1 Å². The van der Waals surface area contributed by atoms with E-state index in [1.165, 1.54) is 4.90 Å². The van der Waals surface area contributed by atoms with Crippen LogP contribution in [0.3, 0.4) is 0 Å². The molecule has 13 heteroatoms. The minimum Gasteiger partial charge on any atom is -0.489 e. The number of benzene rings is 1. The second-order valence-corrected chi connectivity index (χ2v) is 11.1.